The molecule has 6 heteroatoms. The first-order valence-corrected chi connectivity index (χ1v) is 4.73. The Morgan fingerprint density at radius 3 is 1.87 bits per heavy atom. The number of aliphatic hydroxyl groups is 4. The summed E-state index contributed by atoms with van der Waals surface area (Å²) in [7, 11) is 0. The lowest BCUT2D eigenvalue weighted by Crippen LogP contribution is -2.40. The third kappa shape index (κ3) is 9.77. The Balaban J connectivity index is 0. The van der Waals surface area contributed by atoms with Gasteiger partial charge in [-0.3, -0.25) is 0 Å². The molecule has 3 atom stereocenters. The van der Waals surface area contributed by atoms with Crippen LogP contribution in [0, 0.1) is 0 Å². The second kappa shape index (κ2) is 11.5. The third-order valence-corrected chi connectivity index (χ3v) is 1.48. The summed E-state index contributed by atoms with van der Waals surface area (Å²) in [4.78, 5) is 9.76. The minimum Gasteiger partial charge on any atom is -0.394 e. The third-order valence-electron chi connectivity index (χ3n) is 1.48. The lowest BCUT2D eigenvalue weighted by Gasteiger charge is -2.16. The van der Waals surface area contributed by atoms with E-state index in [9.17, 15) is 4.79 Å². The van der Waals surface area contributed by atoms with E-state index in [0.29, 0.717) is 0 Å². The number of aliphatic hydroxyl groups excluding tert-OH is 4. The van der Waals surface area contributed by atoms with Crippen molar-refractivity contribution in [2.75, 3.05) is 19.8 Å². The second-order valence-electron chi connectivity index (χ2n) is 2.65. The number of hydrogen-bond donors (Lipinski definition) is 4. The monoisotopic (exact) mass is 224 g/mol. The van der Waals surface area contributed by atoms with Crippen LogP contribution in [0.2, 0.25) is 0 Å². The highest BCUT2D eigenvalue weighted by Crippen LogP contribution is 1.96. The fraction of sp³-hybridized carbons (Fsp3) is 0.889. The molecule has 0 saturated carbocycles. The standard InChI is InChI=1S/C5H10O5.C4H10O/c6-1-3(8)5(10)4(9)2-7;1-3-5-4-2/h1,3-5,7-10H,2H2;3-4H2,1-2H3/t3-,4+,5-;/m0./s1. The number of rotatable bonds is 6. The molecule has 0 aromatic carbocycles. The van der Waals surface area contributed by atoms with Crippen molar-refractivity contribution < 1.29 is 30.0 Å². The molecule has 0 aromatic rings. The first-order valence-electron chi connectivity index (χ1n) is 4.73. The predicted molar refractivity (Wildman–Crippen MR) is 53.3 cm³/mol. The van der Waals surface area contributed by atoms with Crippen LogP contribution in [-0.2, 0) is 9.53 Å². The van der Waals surface area contributed by atoms with Crippen LogP contribution in [0.3, 0.4) is 0 Å². The summed E-state index contributed by atoms with van der Waals surface area (Å²) in [6.45, 7) is 4.98. The Kier molecular flexibility index (Phi) is 13.0. The smallest absolute Gasteiger partial charge is 0.151 e. The highest BCUT2D eigenvalue weighted by Gasteiger charge is 2.22. The van der Waals surface area contributed by atoms with Crippen molar-refractivity contribution in [2.45, 2.75) is 32.2 Å². The number of carbonyl (C=O) groups is 1. The van der Waals surface area contributed by atoms with Gasteiger partial charge in [0.25, 0.3) is 0 Å². The van der Waals surface area contributed by atoms with Gasteiger partial charge in [0.15, 0.2) is 6.29 Å². The molecular weight excluding hydrogens is 204 g/mol. The minimum atomic E-state index is -1.64. The zero-order valence-corrected chi connectivity index (χ0v) is 9.04. The maximum absolute atomic E-state index is 9.76. The molecule has 0 aromatic heterocycles. The van der Waals surface area contributed by atoms with Gasteiger partial charge in [-0.25, -0.2) is 0 Å². The van der Waals surface area contributed by atoms with Gasteiger partial charge in [-0.05, 0) is 13.8 Å². The average molecular weight is 224 g/mol. The summed E-state index contributed by atoms with van der Waals surface area (Å²) >= 11 is 0. The number of ether oxygens (including phenoxy) is 1. The summed E-state index contributed by atoms with van der Waals surface area (Å²) in [6.07, 6.45) is -4.63. The number of hydrogen-bond acceptors (Lipinski definition) is 6. The SMILES string of the molecule is CCOCC.O=C[C@H](O)[C@H](O)[C@H](O)CO. The van der Waals surface area contributed by atoms with Crippen molar-refractivity contribution in [3.63, 3.8) is 0 Å². The van der Waals surface area contributed by atoms with E-state index in [1.54, 1.807) is 0 Å². The van der Waals surface area contributed by atoms with E-state index in [1.807, 2.05) is 13.8 Å². The molecule has 4 N–H and O–H groups in total. The van der Waals surface area contributed by atoms with E-state index in [2.05, 4.69) is 0 Å². The van der Waals surface area contributed by atoms with Crippen LogP contribution >= 0.6 is 0 Å². The normalized spacial score (nSPS) is 15.9. The highest BCUT2D eigenvalue weighted by atomic mass is 16.5. The van der Waals surface area contributed by atoms with Gasteiger partial charge in [0.2, 0.25) is 0 Å². The topological polar surface area (TPSA) is 107 Å². The molecule has 0 rings (SSSR count). The highest BCUT2D eigenvalue weighted by molar-refractivity contribution is 5.56. The van der Waals surface area contributed by atoms with Crippen LogP contribution in [0.1, 0.15) is 13.8 Å². The molecule has 0 aliphatic carbocycles. The Hall–Kier alpha value is -0.530. The Bertz CT molecular complexity index is 139. The molecule has 0 amide bonds. The van der Waals surface area contributed by atoms with E-state index < -0.39 is 24.9 Å². The molecule has 0 unspecified atom stereocenters. The zero-order valence-electron chi connectivity index (χ0n) is 9.04. The maximum Gasteiger partial charge on any atom is 0.151 e. The molecule has 0 radical (unpaired) electrons. The fourth-order valence-corrected chi connectivity index (χ4v) is 0.620. The van der Waals surface area contributed by atoms with Crippen molar-refractivity contribution in [2.24, 2.45) is 0 Å². The van der Waals surface area contributed by atoms with Gasteiger partial charge in [-0.15, -0.1) is 0 Å². The summed E-state index contributed by atoms with van der Waals surface area (Å²) in [5.41, 5.74) is 0. The van der Waals surface area contributed by atoms with Gasteiger partial charge < -0.3 is 30.0 Å². The van der Waals surface area contributed by atoms with Crippen molar-refractivity contribution in [3.05, 3.63) is 0 Å². The zero-order chi connectivity index (χ0) is 12.3. The molecule has 0 heterocycles. The lowest BCUT2D eigenvalue weighted by molar-refractivity contribution is -0.127. The fourth-order valence-electron chi connectivity index (χ4n) is 0.620. The van der Waals surface area contributed by atoms with Crippen LogP contribution in [0.25, 0.3) is 0 Å². The van der Waals surface area contributed by atoms with E-state index in [4.69, 9.17) is 25.2 Å². The molecule has 6 nitrogen and oxygen atoms in total. The van der Waals surface area contributed by atoms with Crippen LogP contribution in [-0.4, -0.2) is 64.8 Å². The van der Waals surface area contributed by atoms with Crippen molar-refractivity contribution >= 4 is 6.29 Å². The lowest BCUT2D eigenvalue weighted by atomic mass is 10.1. The van der Waals surface area contributed by atoms with Crippen LogP contribution in [0.4, 0.5) is 0 Å². The first-order chi connectivity index (χ1) is 7.04. The maximum atomic E-state index is 9.76. The van der Waals surface area contributed by atoms with Crippen molar-refractivity contribution in [1.82, 2.24) is 0 Å². The van der Waals surface area contributed by atoms with Crippen molar-refractivity contribution in [3.8, 4) is 0 Å². The molecule has 0 spiro atoms. The van der Waals surface area contributed by atoms with Gasteiger partial charge in [0, 0.05) is 13.2 Å². The molecule has 0 aliphatic heterocycles. The summed E-state index contributed by atoms with van der Waals surface area (Å²) in [5.74, 6) is 0. The molecule has 0 saturated heterocycles. The van der Waals surface area contributed by atoms with E-state index in [1.165, 1.54) is 0 Å². The number of aldehydes is 1. The van der Waals surface area contributed by atoms with Gasteiger partial charge in [0.1, 0.15) is 18.3 Å². The van der Waals surface area contributed by atoms with Crippen LogP contribution in [0.5, 0.6) is 0 Å². The molecule has 0 fully saturated rings. The summed E-state index contributed by atoms with van der Waals surface area (Å²) < 4.78 is 4.83. The van der Waals surface area contributed by atoms with Crippen molar-refractivity contribution in [1.29, 1.82) is 0 Å². The molecule has 0 aliphatic rings. The van der Waals surface area contributed by atoms with Gasteiger partial charge in [0.05, 0.1) is 6.61 Å². The minimum absolute atomic E-state index is 0.0869. The Morgan fingerprint density at radius 2 is 1.67 bits per heavy atom. The van der Waals surface area contributed by atoms with Crippen LogP contribution < -0.4 is 0 Å². The Morgan fingerprint density at radius 1 is 1.20 bits per heavy atom. The van der Waals surface area contributed by atoms with E-state index in [0.717, 1.165) is 13.2 Å². The molecule has 0 bridgehead atoms. The quantitative estimate of drug-likeness (QED) is 0.401. The van der Waals surface area contributed by atoms with Gasteiger partial charge in [-0.2, -0.15) is 0 Å². The Labute approximate surface area is 89.1 Å². The number of carbonyl (C=O) groups excluding carboxylic acids is 1. The average Bonchev–Trinajstić information content (AvgIpc) is 2.27. The first kappa shape index (κ1) is 16.9. The summed E-state index contributed by atoms with van der Waals surface area (Å²) in [5, 5.41) is 34.1. The molecule has 92 valence electrons. The van der Waals surface area contributed by atoms with E-state index >= 15 is 0 Å². The largest absolute Gasteiger partial charge is 0.394 e. The predicted octanol–water partition coefficient (Wildman–Crippen LogP) is -1.70. The van der Waals surface area contributed by atoms with Gasteiger partial charge >= 0.3 is 0 Å². The molecular formula is C9H20O6. The van der Waals surface area contributed by atoms with E-state index in [-0.39, 0.29) is 6.29 Å². The summed E-state index contributed by atoms with van der Waals surface area (Å²) in [6, 6.07) is 0. The second-order valence-corrected chi connectivity index (χ2v) is 2.65. The molecule has 15 heavy (non-hydrogen) atoms. The van der Waals surface area contributed by atoms with Gasteiger partial charge in [-0.1, -0.05) is 0 Å². The van der Waals surface area contributed by atoms with Crippen LogP contribution in [0.15, 0.2) is 0 Å².